The van der Waals surface area contributed by atoms with E-state index in [0.29, 0.717) is 5.92 Å². The minimum atomic E-state index is 0.601. The van der Waals surface area contributed by atoms with Gasteiger partial charge < -0.3 is 9.47 Å². The monoisotopic (exact) mass is 363 g/mol. The Bertz CT molecular complexity index is 858. The molecule has 0 aliphatic heterocycles. The molecule has 0 radical (unpaired) electrons. The van der Waals surface area contributed by atoms with Gasteiger partial charge >= 0.3 is 0 Å². The third-order valence-electron chi connectivity index (χ3n) is 5.26. The van der Waals surface area contributed by atoms with Gasteiger partial charge in [0.1, 0.15) is 11.5 Å². The van der Waals surface area contributed by atoms with Crippen molar-refractivity contribution in [2.75, 3.05) is 14.2 Å². The van der Waals surface area contributed by atoms with Crippen molar-refractivity contribution in [3.63, 3.8) is 0 Å². The maximum atomic E-state index is 5.39. The Morgan fingerprint density at radius 3 is 2.33 bits per heavy atom. The fourth-order valence-electron chi connectivity index (χ4n) is 3.77. The molecule has 0 N–H and O–H groups in total. The molecule has 142 valence electrons. The summed E-state index contributed by atoms with van der Waals surface area (Å²) in [6.45, 7) is 2.26. The summed E-state index contributed by atoms with van der Waals surface area (Å²) in [5.74, 6) is 2.41. The zero-order chi connectivity index (χ0) is 19.1. The number of hydrogen-bond donors (Lipinski definition) is 0. The summed E-state index contributed by atoms with van der Waals surface area (Å²) in [5.41, 5.74) is 3.80. The summed E-state index contributed by atoms with van der Waals surface area (Å²) >= 11 is 0. The lowest BCUT2D eigenvalue weighted by Gasteiger charge is -2.17. The molecule has 0 unspecified atom stereocenters. The number of ether oxygens (including phenoxy) is 2. The number of benzene rings is 2. The van der Waals surface area contributed by atoms with Gasteiger partial charge in [0.25, 0.3) is 0 Å². The van der Waals surface area contributed by atoms with Crippen molar-refractivity contribution in [1.29, 1.82) is 0 Å². The molecule has 1 atom stereocenters. The van der Waals surface area contributed by atoms with Crippen molar-refractivity contribution in [3.8, 4) is 11.5 Å². The Balaban J connectivity index is 1.70. The van der Waals surface area contributed by atoms with Gasteiger partial charge in [0, 0.05) is 11.6 Å². The van der Waals surface area contributed by atoms with E-state index in [9.17, 15) is 0 Å². The highest BCUT2D eigenvalue weighted by atomic mass is 16.5. The van der Waals surface area contributed by atoms with E-state index in [1.165, 1.54) is 35.8 Å². The third kappa shape index (κ3) is 4.79. The molecule has 0 fully saturated rings. The number of pyridine rings is 1. The van der Waals surface area contributed by atoms with E-state index in [2.05, 4.69) is 48.3 Å². The smallest absolute Gasteiger partial charge is 0.119 e. The van der Waals surface area contributed by atoms with Crippen molar-refractivity contribution in [2.24, 2.45) is 0 Å². The third-order valence-corrected chi connectivity index (χ3v) is 5.26. The van der Waals surface area contributed by atoms with Crippen LogP contribution in [0.3, 0.4) is 0 Å². The maximum absolute atomic E-state index is 5.39. The zero-order valence-electron chi connectivity index (χ0n) is 16.6. The Morgan fingerprint density at radius 2 is 1.63 bits per heavy atom. The Morgan fingerprint density at radius 1 is 0.889 bits per heavy atom. The normalized spacial score (nSPS) is 12.1. The van der Waals surface area contributed by atoms with Crippen LogP contribution < -0.4 is 9.47 Å². The molecule has 0 saturated carbocycles. The van der Waals surface area contributed by atoms with E-state index >= 15 is 0 Å². The Kier molecular flexibility index (Phi) is 6.69. The molecule has 1 heterocycles. The molecule has 1 aromatic heterocycles. The van der Waals surface area contributed by atoms with Crippen LogP contribution in [0.25, 0.3) is 10.9 Å². The summed E-state index contributed by atoms with van der Waals surface area (Å²) in [7, 11) is 3.42. The maximum Gasteiger partial charge on any atom is 0.119 e. The molecule has 27 heavy (non-hydrogen) atoms. The van der Waals surface area contributed by atoms with Crippen molar-refractivity contribution in [3.05, 3.63) is 65.9 Å². The lowest BCUT2D eigenvalue weighted by atomic mass is 9.88. The molecular weight excluding hydrogens is 334 g/mol. The van der Waals surface area contributed by atoms with Crippen LogP contribution in [0.2, 0.25) is 0 Å². The number of aromatic nitrogens is 1. The minimum absolute atomic E-state index is 0.601. The Labute approximate surface area is 162 Å². The first kappa shape index (κ1) is 19.2. The van der Waals surface area contributed by atoms with Crippen molar-refractivity contribution >= 4 is 10.9 Å². The largest absolute Gasteiger partial charge is 0.497 e. The van der Waals surface area contributed by atoms with Crippen LogP contribution in [0.4, 0.5) is 0 Å². The van der Waals surface area contributed by atoms with Gasteiger partial charge in [-0.05, 0) is 79.1 Å². The molecule has 0 bridgehead atoms. The number of rotatable bonds is 9. The van der Waals surface area contributed by atoms with Crippen molar-refractivity contribution in [2.45, 2.75) is 44.9 Å². The van der Waals surface area contributed by atoms with E-state index in [1.54, 1.807) is 14.2 Å². The molecule has 0 saturated heterocycles. The molecule has 0 aliphatic carbocycles. The predicted octanol–water partition coefficient (Wildman–Crippen LogP) is 6.16. The second-order valence-electron chi connectivity index (χ2n) is 7.00. The van der Waals surface area contributed by atoms with Gasteiger partial charge in [-0.25, -0.2) is 0 Å². The Hall–Kier alpha value is -2.55. The standard InChI is InChI=1S/C24H29NO2/c1-4-6-18(19-9-11-21(26-2)12-10-19)7-5-8-20-15-16-25-24-14-13-22(27-3)17-23(20)24/h9-18H,4-8H2,1-3H3/t18-/m1/s1. The summed E-state index contributed by atoms with van der Waals surface area (Å²) in [5, 5.41) is 1.20. The number of hydrogen-bond acceptors (Lipinski definition) is 3. The van der Waals surface area contributed by atoms with Crippen LogP contribution in [0.15, 0.2) is 54.7 Å². The minimum Gasteiger partial charge on any atom is -0.497 e. The summed E-state index contributed by atoms with van der Waals surface area (Å²) in [6, 6.07) is 16.8. The topological polar surface area (TPSA) is 31.4 Å². The number of fused-ring (bicyclic) bond motifs is 1. The zero-order valence-corrected chi connectivity index (χ0v) is 16.6. The van der Waals surface area contributed by atoms with Crippen LogP contribution in [-0.4, -0.2) is 19.2 Å². The average molecular weight is 364 g/mol. The highest BCUT2D eigenvalue weighted by molar-refractivity contribution is 5.83. The van der Waals surface area contributed by atoms with Gasteiger partial charge in [0.15, 0.2) is 0 Å². The molecule has 3 nitrogen and oxygen atoms in total. The molecule has 3 aromatic rings. The number of nitrogens with zero attached hydrogens (tertiary/aromatic N) is 1. The van der Waals surface area contributed by atoms with Crippen LogP contribution >= 0.6 is 0 Å². The van der Waals surface area contributed by atoms with Gasteiger partial charge in [0.2, 0.25) is 0 Å². The molecule has 2 aromatic carbocycles. The highest BCUT2D eigenvalue weighted by Gasteiger charge is 2.12. The van der Waals surface area contributed by atoms with Gasteiger partial charge in [-0.15, -0.1) is 0 Å². The first-order valence-electron chi connectivity index (χ1n) is 9.80. The predicted molar refractivity (Wildman–Crippen MR) is 112 cm³/mol. The first-order chi connectivity index (χ1) is 13.2. The SMILES string of the molecule is CCC[C@H](CCCc1ccnc2ccc(OC)cc12)c1ccc(OC)cc1. The second-order valence-corrected chi connectivity index (χ2v) is 7.00. The fraction of sp³-hybridized carbons (Fsp3) is 0.375. The highest BCUT2D eigenvalue weighted by Crippen LogP contribution is 2.30. The van der Waals surface area contributed by atoms with Gasteiger partial charge in [-0.3, -0.25) is 4.98 Å². The van der Waals surface area contributed by atoms with Crippen LogP contribution in [0, 0.1) is 0 Å². The van der Waals surface area contributed by atoms with Gasteiger partial charge in [-0.1, -0.05) is 25.5 Å². The summed E-state index contributed by atoms with van der Waals surface area (Å²) in [4.78, 5) is 4.49. The molecular formula is C24H29NO2. The second kappa shape index (κ2) is 9.40. The molecule has 3 heteroatoms. The first-order valence-corrected chi connectivity index (χ1v) is 9.80. The van der Waals surface area contributed by atoms with Crippen molar-refractivity contribution in [1.82, 2.24) is 4.98 Å². The van der Waals surface area contributed by atoms with Crippen LogP contribution in [0.5, 0.6) is 11.5 Å². The lowest BCUT2D eigenvalue weighted by Crippen LogP contribution is -2.00. The fourth-order valence-corrected chi connectivity index (χ4v) is 3.77. The van der Waals surface area contributed by atoms with Gasteiger partial charge in [-0.2, -0.15) is 0 Å². The van der Waals surface area contributed by atoms with E-state index in [4.69, 9.17) is 9.47 Å². The van der Waals surface area contributed by atoms with Crippen LogP contribution in [-0.2, 0) is 6.42 Å². The van der Waals surface area contributed by atoms with E-state index < -0.39 is 0 Å². The molecule has 3 rings (SSSR count). The quantitative estimate of drug-likeness (QED) is 0.456. The van der Waals surface area contributed by atoms with Crippen LogP contribution in [0.1, 0.15) is 49.7 Å². The molecule has 0 amide bonds. The molecule has 0 aliphatic rings. The lowest BCUT2D eigenvalue weighted by molar-refractivity contribution is 0.414. The van der Waals surface area contributed by atoms with E-state index in [-0.39, 0.29) is 0 Å². The summed E-state index contributed by atoms with van der Waals surface area (Å²) in [6.07, 6.45) is 7.74. The average Bonchev–Trinajstić information content (AvgIpc) is 2.73. The number of aryl methyl sites for hydroxylation is 1. The summed E-state index contributed by atoms with van der Waals surface area (Å²) < 4.78 is 10.7. The van der Waals surface area contributed by atoms with E-state index in [1.807, 2.05) is 18.3 Å². The van der Waals surface area contributed by atoms with Gasteiger partial charge in [0.05, 0.1) is 19.7 Å². The number of methoxy groups -OCH3 is 2. The van der Waals surface area contributed by atoms with E-state index in [0.717, 1.165) is 29.9 Å². The molecule has 0 spiro atoms. The van der Waals surface area contributed by atoms with Crippen molar-refractivity contribution < 1.29 is 9.47 Å².